The van der Waals surface area contributed by atoms with Crippen LogP contribution in [0.15, 0.2) is 186 Å². The normalized spacial score (nSPS) is 14.8. The smallest absolute Gasteiger partial charge is 0.179 e. The van der Waals surface area contributed by atoms with Gasteiger partial charge in [-0.25, -0.2) is 44.3 Å². The molecule has 11 heterocycles. The van der Waals surface area contributed by atoms with E-state index in [1.807, 2.05) is 76.3 Å². The molecule has 0 unspecified atom stereocenters. The zero-order valence-corrected chi connectivity index (χ0v) is 37.8. The molecule has 9 nitrogen and oxygen atoms in total. The summed E-state index contributed by atoms with van der Waals surface area (Å²) in [5.41, 5.74) is 16.7. The van der Waals surface area contributed by atoms with Crippen molar-refractivity contribution in [2.24, 2.45) is 0 Å². The average Bonchev–Trinajstić information content (AvgIpc) is 4.24. The van der Waals surface area contributed by atoms with Crippen LogP contribution in [0.1, 0.15) is 44.5 Å². The lowest BCUT2D eigenvalue weighted by Gasteiger charge is -2.44. The monoisotopic (exact) mass is 921 g/mol. The minimum atomic E-state index is -0.379. The lowest BCUT2D eigenvalue weighted by Crippen LogP contribution is -2.39. The van der Waals surface area contributed by atoms with Gasteiger partial charge in [0.25, 0.3) is 0 Å². The summed E-state index contributed by atoms with van der Waals surface area (Å²) in [7, 11) is 0. The van der Waals surface area contributed by atoms with Crippen molar-refractivity contribution in [2.75, 3.05) is 10.0 Å². The maximum atomic E-state index is 4.96. The predicted octanol–water partition coefficient (Wildman–Crippen LogP) is 13.1. The Bertz CT molecular complexity index is 3490. The minimum Gasteiger partial charge on any atom is -0.247 e. The van der Waals surface area contributed by atoms with Gasteiger partial charge in [-0.1, -0.05) is 60.7 Å². The second kappa shape index (κ2) is 13.5. The molecule has 4 aliphatic rings. The van der Waals surface area contributed by atoms with Crippen LogP contribution < -0.4 is 10.0 Å². The number of fused-ring (bicyclic) bond motifs is 20. The van der Waals surface area contributed by atoms with Gasteiger partial charge in [0.2, 0.25) is 0 Å². The molecule has 0 fully saturated rings. The molecule has 3 aromatic carbocycles. The molecule has 2 spiro atoms. The highest BCUT2D eigenvalue weighted by molar-refractivity contribution is 7.21. The summed E-state index contributed by atoms with van der Waals surface area (Å²) >= 11 is 7.36. The third kappa shape index (κ3) is 4.50. The van der Waals surface area contributed by atoms with Gasteiger partial charge in [0.05, 0.1) is 27.9 Å². The highest BCUT2D eigenvalue weighted by Crippen LogP contribution is 2.66. The minimum absolute atomic E-state index is 0.316. The zero-order valence-electron chi connectivity index (χ0n) is 34.6. The fourth-order valence-corrected chi connectivity index (χ4v) is 15.5. The summed E-state index contributed by atoms with van der Waals surface area (Å²) in [5.74, 6) is 0.913. The van der Waals surface area contributed by atoms with Crippen LogP contribution in [0.2, 0.25) is 0 Å². The van der Waals surface area contributed by atoms with Gasteiger partial charge in [-0.15, -0.1) is 45.3 Å². The lowest BCUT2D eigenvalue weighted by atomic mass is 9.66. The van der Waals surface area contributed by atoms with Crippen LogP contribution in [0.25, 0.3) is 41.8 Å². The number of hydrogen-bond donors (Lipinski definition) is 0. The summed E-state index contributed by atoms with van der Waals surface area (Å²) in [5, 5.41) is 13.4. The SMILES string of the molecule is c1ccc2c(c1)N(n1cnc3ncccc31)c1ccccc1C21c2ccsc2-c2sccc21.c1ccc2c(c1)N(n1cnc3ncccc31)c1ncccc1C21c2ccsc2-c2sccc21. The number of nitrogens with zero attached hydrogens (tertiary/aromatic N) is 9. The molecule has 0 N–H and O–H groups in total. The van der Waals surface area contributed by atoms with Crippen LogP contribution in [-0.4, -0.2) is 34.3 Å². The van der Waals surface area contributed by atoms with Gasteiger partial charge in [0, 0.05) is 43.7 Å². The van der Waals surface area contributed by atoms with Gasteiger partial charge < -0.3 is 0 Å². The van der Waals surface area contributed by atoms with E-state index in [2.05, 4.69) is 182 Å². The molecule has 0 saturated carbocycles. The zero-order chi connectivity index (χ0) is 43.1. The number of aromatic nitrogens is 7. The van der Waals surface area contributed by atoms with Crippen molar-refractivity contribution >= 4 is 90.6 Å². The maximum absolute atomic E-state index is 4.96. The molecule has 16 rings (SSSR count). The van der Waals surface area contributed by atoms with Crippen LogP contribution in [0.4, 0.5) is 22.9 Å². The van der Waals surface area contributed by atoms with Crippen molar-refractivity contribution in [2.45, 2.75) is 10.8 Å². The molecule has 0 amide bonds. The Morgan fingerprint density at radius 1 is 0.333 bits per heavy atom. The Hall–Kier alpha value is -7.55. The first-order valence-corrected chi connectivity index (χ1v) is 25.0. The first-order chi connectivity index (χ1) is 32.8. The van der Waals surface area contributed by atoms with Crippen molar-refractivity contribution in [1.29, 1.82) is 0 Å². The number of thiophene rings is 4. The molecule has 13 heteroatoms. The first-order valence-electron chi connectivity index (χ1n) is 21.5. The molecule has 0 bridgehead atoms. The molecule has 66 heavy (non-hydrogen) atoms. The summed E-state index contributed by atoms with van der Waals surface area (Å²) in [4.78, 5) is 28.6. The van der Waals surface area contributed by atoms with E-state index in [9.17, 15) is 0 Å². The van der Waals surface area contributed by atoms with E-state index in [0.29, 0.717) is 5.65 Å². The number of hydrogen-bond acceptors (Lipinski definition) is 11. The highest BCUT2D eigenvalue weighted by Gasteiger charge is 2.55. The van der Waals surface area contributed by atoms with Gasteiger partial charge in [-0.2, -0.15) is 0 Å². The topological polar surface area (TPSA) is 80.8 Å². The second-order valence-corrected chi connectivity index (χ2v) is 20.2. The first kappa shape index (κ1) is 36.8. The molecule has 2 aliphatic carbocycles. The number of para-hydroxylation sites is 3. The van der Waals surface area contributed by atoms with Crippen LogP contribution in [0.3, 0.4) is 0 Å². The molecule has 2 aliphatic heterocycles. The molecule has 0 saturated heterocycles. The van der Waals surface area contributed by atoms with E-state index < -0.39 is 0 Å². The number of pyridine rings is 3. The fourth-order valence-electron chi connectivity index (χ4n) is 11.3. The number of benzene rings is 3. The highest BCUT2D eigenvalue weighted by atomic mass is 32.1. The van der Waals surface area contributed by atoms with Gasteiger partial charge in [-0.3, -0.25) is 0 Å². The predicted molar refractivity (Wildman–Crippen MR) is 267 cm³/mol. The van der Waals surface area contributed by atoms with Crippen LogP contribution in [0.5, 0.6) is 0 Å². The fraction of sp³-hybridized carbons (Fsp3) is 0.0377. The molecule has 312 valence electrons. The van der Waals surface area contributed by atoms with Crippen molar-refractivity contribution in [3.63, 3.8) is 0 Å². The largest absolute Gasteiger partial charge is 0.247 e. The Balaban J connectivity index is 0.000000121. The summed E-state index contributed by atoms with van der Waals surface area (Å²) in [6.45, 7) is 0. The standard InChI is InChI=1S/C27H16N4S2.C26H15N5S2/c1-3-8-21-17(6-1)27(19-11-14-32-24(19)25-20(27)12-15-33-25)18-7-2-4-9-22(18)31(21)30-16-29-26-23(30)10-5-13-28-26;1-2-7-20-16(5-1)26(17-9-13-32-22(17)23-18(26)10-14-33-23)19-6-3-12-28-25(19)31(20)30-15-29-24-21(30)8-4-11-27-24/h1-16H;1-15H. The van der Waals surface area contributed by atoms with Crippen LogP contribution in [-0.2, 0) is 10.8 Å². The molecular weight excluding hydrogens is 891 g/mol. The van der Waals surface area contributed by atoms with E-state index in [-0.39, 0.29) is 10.8 Å². The van der Waals surface area contributed by atoms with Crippen molar-refractivity contribution in [3.05, 3.63) is 231 Å². The van der Waals surface area contributed by atoms with E-state index >= 15 is 0 Å². The van der Waals surface area contributed by atoms with Gasteiger partial charge in [0.15, 0.2) is 17.1 Å². The Kier molecular flexibility index (Phi) is 7.52. The molecule has 0 atom stereocenters. The van der Waals surface area contributed by atoms with E-state index in [1.54, 1.807) is 12.4 Å². The number of anilines is 4. The number of imidazole rings is 2. The maximum Gasteiger partial charge on any atom is 0.179 e. The summed E-state index contributed by atoms with van der Waals surface area (Å²) in [6.07, 6.45) is 9.17. The average molecular weight is 922 g/mol. The van der Waals surface area contributed by atoms with Crippen LogP contribution in [0, 0.1) is 0 Å². The lowest BCUT2D eigenvalue weighted by molar-refractivity contribution is 0.701. The van der Waals surface area contributed by atoms with Crippen molar-refractivity contribution in [3.8, 4) is 19.5 Å². The Morgan fingerprint density at radius 3 is 1.20 bits per heavy atom. The third-order valence-electron chi connectivity index (χ3n) is 13.7. The molecule has 12 aromatic rings. The van der Waals surface area contributed by atoms with Gasteiger partial charge >= 0.3 is 0 Å². The van der Waals surface area contributed by atoms with Crippen LogP contribution >= 0.6 is 45.3 Å². The molecule has 0 radical (unpaired) electrons. The van der Waals surface area contributed by atoms with Gasteiger partial charge in [0.1, 0.15) is 23.7 Å². The Labute approximate surface area is 393 Å². The van der Waals surface area contributed by atoms with E-state index in [1.165, 1.54) is 64.0 Å². The van der Waals surface area contributed by atoms with E-state index in [0.717, 1.165) is 39.6 Å². The Morgan fingerprint density at radius 2 is 0.712 bits per heavy atom. The second-order valence-electron chi connectivity index (χ2n) is 16.6. The van der Waals surface area contributed by atoms with Gasteiger partial charge in [-0.05, 0) is 133 Å². The summed E-state index contributed by atoms with van der Waals surface area (Å²) < 4.78 is 4.20. The number of rotatable bonds is 2. The molecule has 9 aromatic heterocycles. The van der Waals surface area contributed by atoms with E-state index in [4.69, 9.17) is 4.98 Å². The quantitative estimate of drug-likeness (QED) is 0.171. The van der Waals surface area contributed by atoms with Crippen molar-refractivity contribution in [1.82, 2.24) is 34.3 Å². The molecular formula is C53H31N9S4. The summed E-state index contributed by atoms with van der Waals surface area (Å²) in [6, 6.07) is 47.9. The third-order valence-corrected chi connectivity index (χ3v) is 17.7. The van der Waals surface area contributed by atoms with Crippen molar-refractivity contribution < 1.29 is 0 Å².